The lowest BCUT2D eigenvalue weighted by Crippen LogP contribution is -2.36. The molecule has 0 amide bonds. The van der Waals surface area contributed by atoms with E-state index in [1.165, 1.54) is 0 Å². The van der Waals surface area contributed by atoms with Crippen LogP contribution < -0.4 is 4.75 Å². The first-order valence-electron chi connectivity index (χ1n) is 5.55. The Morgan fingerprint density at radius 3 is 2.05 bits per heavy atom. The Balaban J connectivity index is 3.18. The molecule has 0 spiro atoms. The van der Waals surface area contributed by atoms with Crippen LogP contribution in [0.1, 0.15) is 5.56 Å². The lowest BCUT2D eigenvalue weighted by atomic mass is 10.2. The van der Waals surface area contributed by atoms with E-state index in [0.29, 0.717) is 0 Å². The Morgan fingerprint density at radius 1 is 1.16 bits per heavy atom. The summed E-state index contributed by atoms with van der Waals surface area (Å²) in [5, 5.41) is 0. The molecule has 19 heavy (non-hydrogen) atoms. The lowest BCUT2D eigenvalue weighted by Gasteiger charge is -2.22. The van der Waals surface area contributed by atoms with E-state index in [2.05, 4.69) is 59.5 Å². The van der Waals surface area contributed by atoms with E-state index in [0.717, 1.165) is 5.56 Å². The molecule has 1 aromatic rings. The molecule has 9 heteroatoms. The molecule has 0 radical (unpaired) electrons. The number of sulfonamides is 1. The molecular formula is C10H17Br2N2O2PSSi. The molecule has 0 unspecified atom stereocenters. The molecule has 0 aliphatic carbocycles. The van der Waals surface area contributed by atoms with Crippen LogP contribution in [0.5, 0.6) is 0 Å². The molecule has 0 aliphatic rings. The summed E-state index contributed by atoms with van der Waals surface area (Å²) in [5.41, 5.74) is 1.01. The number of aryl methyl sites for hydroxylation is 1. The van der Waals surface area contributed by atoms with Gasteiger partial charge in [-0.15, -0.1) is 4.15 Å². The standard InChI is InChI=1S/C10H17Br2N2O2PSSi/c1-9-5-7-10(8-6-9)18(15,16)13-17(11,12)14-19(2,3)4/h5-8,14H,1-4H3. The molecule has 0 atom stereocenters. The third kappa shape index (κ3) is 6.22. The quantitative estimate of drug-likeness (QED) is 0.530. The zero-order chi connectivity index (χ0) is 14.9. The number of hydrogen-bond donors (Lipinski definition) is 1. The first kappa shape index (κ1) is 17.6. The highest BCUT2D eigenvalue weighted by atomic mass is 79.9. The summed E-state index contributed by atoms with van der Waals surface area (Å²) in [6.45, 7) is 8.15. The van der Waals surface area contributed by atoms with Crippen LogP contribution in [0.4, 0.5) is 0 Å². The van der Waals surface area contributed by atoms with Crippen LogP contribution in [0.3, 0.4) is 0 Å². The van der Waals surface area contributed by atoms with Gasteiger partial charge in [0.25, 0.3) is 10.0 Å². The average Bonchev–Trinajstić information content (AvgIpc) is 2.11. The molecule has 0 saturated carbocycles. The van der Waals surface area contributed by atoms with Gasteiger partial charge in [-0.2, -0.15) is 8.42 Å². The van der Waals surface area contributed by atoms with E-state index < -0.39 is 22.9 Å². The van der Waals surface area contributed by atoms with Crippen molar-refractivity contribution >= 4 is 53.8 Å². The zero-order valence-corrected chi connectivity index (χ0v) is 17.1. The topological polar surface area (TPSA) is 58.5 Å². The van der Waals surface area contributed by atoms with Crippen molar-refractivity contribution in [2.45, 2.75) is 31.5 Å². The number of rotatable bonds is 4. The largest absolute Gasteiger partial charge is 0.287 e. The second kappa shape index (κ2) is 6.11. The van der Waals surface area contributed by atoms with Crippen molar-refractivity contribution in [2.24, 2.45) is 4.15 Å². The Hall–Kier alpha value is 0.537. The lowest BCUT2D eigenvalue weighted by molar-refractivity contribution is 0.598. The average molecular weight is 448 g/mol. The first-order chi connectivity index (χ1) is 8.41. The van der Waals surface area contributed by atoms with Gasteiger partial charge in [0.15, 0.2) is 4.61 Å². The number of benzene rings is 1. The minimum Gasteiger partial charge on any atom is -0.287 e. The molecule has 0 fully saturated rings. The Labute approximate surface area is 132 Å². The van der Waals surface area contributed by atoms with Gasteiger partial charge < -0.3 is 0 Å². The highest BCUT2D eigenvalue weighted by molar-refractivity contribution is 9.71. The first-order valence-corrected chi connectivity index (χ1v) is 16.3. The van der Waals surface area contributed by atoms with Crippen molar-refractivity contribution in [1.29, 1.82) is 0 Å². The molecule has 108 valence electrons. The highest BCUT2D eigenvalue weighted by Crippen LogP contribution is 2.62. The van der Waals surface area contributed by atoms with Gasteiger partial charge in [-0.05, 0) is 50.0 Å². The SMILES string of the molecule is Cc1ccc(S(=O)(=O)N=P(Br)(Br)N[Si](C)(C)C)cc1. The Kier molecular flexibility index (Phi) is 5.66. The van der Waals surface area contributed by atoms with E-state index in [1.807, 2.05) is 6.92 Å². The fraction of sp³-hybridized carbons (Fsp3) is 0.400. The summed E-state index contributed by atoms with van der Waals surface area (Å²) in [6, 6.07) is 6.67. The second-order valence-corrected chi connectivity index (χ2v) is 22.7. The van der Waals surface area contributed by atoms with Crippen LogP contribution in [0.2, 0.25) is 19.6 Å². The van der Waals surface area contributed by atoms with Gasteiger partial charge in [-0.1, -0.05) is 37.3 Å². The molecule has 1 rings (SSSR count). The minimum absolute atomic E-state index is 0.207. The van der Waals surface area contributed by atoms with Crippen LogP contribution in [0.25, 0.3) is 0 Å². The Bertz CT molecular complexity index is 605. The number of halogens is 2. The summed E-state index contributed by atoms with van der Waals surface area (Å²) in [5.74, 6) is 0. The van der Waals surface area contributed by atoms with Crippen LogP contribution in [-0.2, 0) is 10.0 Å². The van der Waals surface area contributed by atoms with Crippen molar-refractivity contribution < 1.29 is 8.42 Å². The van der Waals surface area contributed by atoms with E-state index >= 15 is 0 Å². The molecule has 1 N–H and O–H groups in total. The summed E-state index contributed by atoms with van der Waals surface area (Å²) >= 11 is 6.74. The number of nitrogens with one attached hydrogen (secondary N) is 1. The number of hydrogen-bond acceptors (Lipinski definition) is 2. The maximum atomic E-state index is 12.2. The van der Waals surface area contributed by atoms with Gasteiger partial charge in [0, 0.05) is 0 Å². The van der Waals surface area contributed by atoms with Gasteiger partial charge in [-0.3, -0.25) is 4.75 Å². The maximum Gasteiger partial charge on any atom is 0.283 e. The fourth-order valence-corrected chi connectivity index (χ4v) is 19.7. The summed E-state index contributed by atoms with van der Waals surface area (Å²) in [4.78, 5) is 0.207. The molecule has 4 nitrogen and oxygen atoms in total. The van der Waals surface area contributed by atoms with E-state index in [9.17, 15) is 8.42 Å². The molecule has 0 aliphatic heterocycles. The molecule has 1 aromatic carbocycles. The normalized spacial score (nSPS) is 13.4. The molecule has 0 saturated heterocycles. The van der Waals surface area contributed by atoms with Crippen LogP contribution >= 0.6 is 35.6 Å². The van der Waals surface area contributed by atoms with E-state index in [4.69, 9.17) is 0 Å². The van der Waals surface area contributed by atoms with Crippen molar-refractivity contribution in [3.8, 4) is 0 Å². The van der Waals surface area contributed by atoms with Crippen molar-refractivity contribution in [3.05, 3.63) is 29.8 Å². The van der Waals surface area contributed by atoms with Gasteiger partial charge >= 0.3 is 0 Å². The van der Waals surface area contributed by atoms with Crippen molar-refractivity contribution in [2.75, 3.05) is 0 Å². The van der Waals surface area contributed by atoms with Crippen LogP contribution in [0.15, 0.2) is 33.3 Å². The number of nitrogens with zero attached hydrogens (tertiary/aromatic N) is 1. The predicted octanol–water partition coefficient (Wildman–Crippen LogP) is 4.84. The van der Waals surface area contributed by atoms with Gasteiger partial charge in [0.2, 0.25) is 0 Å². The highest BCUT2D eigenvalue weighted by Gasteiger charge is 2.25. The molecule has 0 heterocycles. The van der Waals surface area contributed by atoms with Gasteiger partial charge in [-0.25, -0.2) is 0 Å². The molecule has 0 bridgehead atoms. The van der Waals surface area contributed by atoms with Crippen molar-refractivity contribution in [3.63, 3.8) is 0 Å². The maximum absolute atomic E-state index is 12.2. The van der Waals surface area contributed by atoms with Crippen molar-refractivity contribution in [1.82, 2.24) is 4.75 Å². The molecular weight excluding hydrogens is 431 g/mol. The monoisotopic (exact) mass is 446 g/mol. The third-order valence-electron chi connectivity index (χ3n) is 2.00. The fourth-order valence-electron chi connectivity index (χ4n) is 1.32. The summed E-state index contributed by atoms with van der Waals surface area (Å²) in [7, 11) is -5.32. The Morgan fingerprint density at radius 2 is 1.63 bits per heavy atom. The summed E-state index contributed by atoms with van der Waals surface area (Å²) in [6.07, 6.45) is 0. The summed E-state index contributed by atoms with van der Waals surface area (Å²) < 4.78 is 29.3. The van der Waals surface area contributed by atoms with E-state index in [1.54, 1.807) is 24.3 Å². The minimum atomic E-state index is -3.67. The van der Waals surface area contributed by atoms with Crippen LogP contribution in [0, 0.1) is 6.92 Å². The molecule has 0 aromatic heterocycles. The van der Waals surface area contributed by atoms with Crippen LogP contribution in [-0.4, -0.2) is 16.7 Å². The van der Waals surface area contributed by atoms with Gasteiger partial charge in [0.1, 0.15) is 8.24 Å². The zero-order valence-electron chi connectivity index (χ0n) is 11.2. The second-order valence-electron chi connectivity index (χ2n) is 5.22. The third-order valence-corrected chi connectivity index (χ3v) is 13.8. The smallest absolute Gasteiger partial charge is 0.283 e. The predicted molar refractivity (Wildman–Crippen MR) is 92.0 cm³/mol. The van der Waals surface area contributed by atoms with E-state index in [-0.39, 0.29) is 4.90 Å². The van der Waals surface area contributed by atoms with Gasteiger partial charge in [0.05, 0.1) is 4.90 Å².